The van der Waals surface area contributed by atoms with E-state index in [-0.39, 0.29) is 23.9 Å². The number of aliphatic hydroxyl groups is 1. The van der Waals surface area contributed by atoms with Gasteiger partial charge in [-0.1, -0.05) is 6.07 Å². The van der Waals surface area contributed by atoms with E-state index in [4.69, 9.17) is 9.52 Å². The Kier molecular flexibility index (Phi) is 5.24. The van der Waals surface area contributed by atoms with Crippen molar-refractivity contribution in [3.8, 4) is 5.75 Å². The summed E-state index contributed by atoms with van der Waals surface area (Å²) in [5.74, 6) is 0.0141. The summed E-state index contributed by atoms with van der Waals surface area (Å²) in [5, 5.41) is 19.0. The van der Waals surface area contributed by atoms with E-state index in [1.54, 1.807) is 6.20 Å². The Hall–Kier alpha value is -2.22. The molecule has 24 heavy (non-hydrogen) atoms. The van der Waals surface area contributed by atoms with Crippen LogP contribution in [0, 0.1) is 0 Å². The number of piperazine rings is 1. The van der Waals surface area contributed by atoms with E-state index in [0.717, 1.165) is 38.8 Å². The third-order valence-corrected chi connectivity index (χ3v) is 4.16. The van der Waals surface area contributed by atoms with Gasteiger partial charge in [0.15, 0.2) is 5.76 Å². The average molecular weight is 331 g/mol. The average Bonchev–Trinajstić information content (AvgIpc) is 2.61. The second-order valence-electron chi connectivity index (χ2n) is 5.92. The molecule has 0 atom stereocenters. The van der Waals surface area contributed by atoms with Crippen molar-refractivity contribution in [2.24, 2.45) is 0 Å². The Labute approximate surface area is 139 Å². The molecule has 0 saturated carbocycles. The van der Waals surface area contributed by atoms with Crippen LogP contribution in [-0.2, 0) is 19.7 Å². The largest absolute Gasteiger partial charge is 0.502 e. The first-order valence-corrected chi connectivity index (χ1v) is 7.95. The maximum Gasteiger partial charge on any atom is 0.227 e. The Balaban J connectivity index is 1.58. The lowest BCUT2D eigenvalue weighted by molar-refractivity contribution is 0.112. The molecule has 7 heteroatoms. The Morgan fingerprint density at radius 3 is 2.50 bits per heavy atom. The van der Waals surface area contributed by atoms with Crippen LogP contribution in [0.5, 0.6) is 5.75 Å². The van der Waals surface area contributed by atoms with Crippen LogP contribution in [0.15, 0.2) is 39.8 Å². The topological polar surface area (TPSA) is 90.0 Å². The van der Waals surface area contributed by atoms with Crippen LogP contribution in [0.25, 0.3) is 0 Å². The summed E-state index contributed by atoms with van der Waals surface area (Å²) >= 11 is 0. The van der Waals surface area contributed by atoms with Crippen molar-refractivity contribution < 1.29 is 14.6 Å². The predicted molar refractivity (Wildman–Crippen MR) is 87.4 cm³/mol. The highest BCUT2D eigenvalue weighted by Gasteiger charge is 2.20. The molecular weight excluding hydrogens is 310 g/mol. The summed E-state index contributed by atoms with van der Waals surface area (Å²) in [6, 6.07) is 5.11. The summed E-state index contributed by atoms with van der Waals surface area (Å²) in [5.41, 5.74) is 0.667. The Morgan fingerprint density at radius 2 is 1.88 bits per heavy atom. The highest BCUT2D eigenvalue weighted by molar-refractivity contribution is 5.24. The zero-order valence-corrected chi connectivity index (χ0v) is 13.4. The summed E-state index contributed by atoms with van der Waals surface area (Å²) in [4.78, 5) is 20.3. The molecular formula is C17H21N3O4. The molecule has 2 aromatic heterocycles. The van der Waals surface area contributed by atoms with Crippen molar-refractivity contribution in [3.05, 3.63) is 57.9 Å². The molecule has 1 fully saturated rings. The smallest absolute Gasteiger partial charge is 0.227 e. The molecule has 1 aliphatic rings. The molecule has 1 saturated heterocycles. The third-order valence-electron chi connectivity index (χ3n) is 4.16. The van der Waals surface area contributed by atoms with Gasteiger partial charge in [-0.3, -0.25) is 19.6 Å². The number of hydrogen-bond acceptors (Lipinski definition) is 7. The van der Waals surface area contributed by atoms with Gasteiger partial charge in [0.25, 0.3) is 0 Å². The van der Waals surface area contributed by atoms with Crippen molar-refractivity contribution in [1.82, 2.24) is 14.8 Å². The molecule has 0 amide bonds. The van der Waals surface area contributed by atoms with Crippen LogP contribution >= 0.6 is 0 Å². The lowest BCUT2D eigenvalue weighted by Gasteiger charge is -2.34. The Bertz CT molecular complexity index is 724. The van der Waals surface area contributed by atoms with Crippen LogP contribution in [0.2, 0.25) is 0 Å². The van der Waals surface area contributed by atoms with E-state index in [0.29, 0.717) is 6.54 Å². The van der Waals surface area contributed by atoms with Crippen LogP contribution in [-0.4, -0.2) is 51.2 Å². The number of aromatic nitrogens is 1. The van der Waals surface area contributed by atoms with Crippen LogP contribution in [0.3, 0.4) is 0 Å². The van der Waals surface area contributed by atoms with E-state index in [1.165, 1.54) is 5.56 Å². The third kappa shape index (κ3) is 4.00. The van der Waals surface area contributed by atoms with Gasteiger partial charge < -0.3 is 14.6 Å². The molecule has 0 aliphatic carbocycles. The first-order chi connectivity index (χ1) is 11.7. The SMILES string of the molecule is O=c1cc(CO)oc(CN2CCN(Cc3cccnc3)CC2)c1O. The van der Waals surface area contributed by atoms with E-state index < -0.39 is 5.43 Å². The van der Waals surface area contributed by atoms with Gasteiger partial charge in [0.2, 0.25) is 11.2 Å². The van der Waals surface area contributed by atoms with E-state index in [1.807, 2.05) is 12.3 Å². The lowest BCUT2D eigenvalue weighted by Crippen LogP contribution is -2.45. The van der Waals surface area contributed by atoms with Crippen molar-refractivity contribution >= 4 is 0 Å². The molecule has 1 aliphatic heterocycles. The van der Waals surface area contributed by atoms with Gasteiger partial charge in [-0.25, -0.2) is 0 Å². The summed E-state index contributed by atoms with van der Waals surface area (Å²) in [7, 11) is 0. The van der Waals surface area contributed by atoms with Crippen LogP contribution < -0.4 is 5.43 Å². The molecule has 0 spiro atoms. The maximum absolute atomic E-state index is 11.7. The fourth-order valence-electron chi connectivity index (χ4n) is 2.83. The fourth-order valence-corrected chi connectivity index (χ4v) is 2.83. The molecule has 7 nitrogen and oxygen atoms in total. The number of pyridine rings is 1. The monoisotopic (exact) mass is 331 g/mol. The van der Waals surface area contributed by atoms with Gasteiger partial charge in [-0.15, -0.1) is 0 Å². The van der Waals surface area contributed by atoms with Gasteiger partial charge in [0, 0.05) is 51.2 Å². The van der Waals surface area contributed by atoms with Crippen molar-refractivity contribution in [3.63, 3.8) is 0 Å². The number of nitrogens with zero attached hydrogens (tertiary/aromatic N) is 3. The number of hydrogen-bond donors (Lipinski definition) is 2. The van der Waals surface area contributed by atoms with Gasteiger partial charge in [-0.05, 0) is 11.6 Å². The highest BCUT2D eigenvalue weighted by Crippen LogP contribution is 2.18. The fraction of sp³-hybridized carbons (Fsp3) is 0.412. The zero-order valence-electron chi connectivity index (χ0n) is 13.4. The quantitative estimate of drug-likeness (QED) is 0.827. The molecule has 0 unspecified atom stereocenters. The summed E-state index contributed by atoms with van der Waals surface area (Å²) in [6.45, 7) is 4.26. The van der Waals surface area contributed by atoms with Crippen molar-refractivity contribution in [2.45, 2.75) is 19.7 Å². The van der Waals surface area contributed by atoms with Crippen molar-refractivity contribution in [2.75, 3.05) is 26.2 Å². The maximum atomic E-state index is 11.7. The second kappa shape index (κ2) is 7.57. The highest BCUT2D eigenvalue weighted by atomic mass is 16.4. The number of aromatic hydroxyl groups is 1. The molecule has 0 bridgehead atoms. The molecule has 3 rings (SSSR count). The van der Waals surface area contributed by atoms with E-state index in [9.17, 15) is 9.90 Å². The summed E-state index contributed by atoms with van der Waals surface area (Å²) < 4.78 is 5.40. The van der Waals surface area contributed by atoms with Gasteiger partial charge in [0.1, 0.15) is 12.4 Å². The van der Waals surface area contributed by atoms with Gasteiger partial charge in [0.05, 0.1) is 6.54 Å². The molecule has 2 N–H and O–H groups in total. The van der Waals surface area contributed by atoms with Crippen molar-refractivity contribution in [1.29, 1.82) is 0 Å². The molecule has 0 aromatic carbocycles. The second-order valence-corrected chi connectivity index (χ2v) is 5.92. The molecule has 3 heterocycles. The molecule has 2 aromatic rings. The predicted octanol–water partition coefficient (Wildman–Crippen LogP) is 0.550. The number of aliphatic hydroxyl groups excluding tert-OH is 1. The first-order valence-electron chi connectivity index (χ1n) is 7.95. The lowest BCUT2D eigenvalue weighted by atomic mass is 10.2. The standard InChI is InChI=1S/C17H21N3O4/c21-12-14-8-15(22)17(23)16(24-14)11-20-6-4-19(5-7-20)10-13-2-1-3-18-9-13/h1-3,8-9,21,23H,4-7,10-12H2. The minimum absolute atomic E-state index is 0.169. The minimum atomic E-state index is -0.518. The minimum Gasteiger partial charge on any atom is -0.502 e. The molecule has 128 valence electrons. The van der Waals surface area contributed by atoms with Gasteiger partial charge >= 0.3 is 0 Å². The van der Waals surface area contributed by atoms with E-state index >= 15 is 0 Å². The van der Waals surface area contributed by atoms with Crippen LogP contribution in [0.4, 0.5) is 0 Å². The number of rotatable bonds is 5. The zero-order chi connectivity index (χ0) is 16.9. The van der Waals surface area contributed by atoms with Gasteiger partial charge in [-0.2, -0.15) is 0 Å². The molecule has 0 radical (unpaired) electrons. The normalized spacial score (nSPS) is 16.4. The van der Waals surface area contributed by atoms with E-state index in [2.05, 4.69) is 20.9 Å². The van der Waals surface area contributed by atoms with Crippen LogP contribution in [0.1, 0.15) is 17.1 Å². The first kappa shape index (κ1) is 16.6. The Morgan fingerprint density at radius 1 is 1.17 bits per heavy atom. The summed E-state index contributed by atoms with van der Waals surface area (Å²) in [6.07, 6.45) is 3.64.